The maximum absolute atomic E-state index is 13.0. The minimum absolute atomic E-state index is 0.0689. The summed E-state index contributed by atoms with van der Waals surface area (Å²) in [7, 11) is 0. The Hall–Kier alpha value is -1.92. The van der Waals surface area contributed by atoms with Gasteiger partial charge in [0.05, 0.1) is 12.1 Å². The molecule has 6 heteroatoms. The first-order valence-electron chi connectivity index (χ1n) is 9.73. The highest BCUT2D eigenvalue weighted by molar-refractivity contribution is 6.05. The third kappa shape index (κ3) is 3.01. The topological polar surface area (TPSA) is 70.4 Å². The lowest BCUT2D eigenvalue weighted by atomic mass is 9.97. The Kier molecular flexibility index (Phi) is 4.71. The Morgan fingerprint density at radius 1 is 1.27 bits per heavy atom. The lowest BCUT2D eigenvalue weighted by Crippen LogP contribution is -2.51. The number of rotatable bonds is 5. The summed E-state index contributed by atoms with van der Waals surface area (Å²) < 4.78 is 1.93. The van der Waals surface area contributed by atoms with E-state index in [9.17, 15) is 9.90 Å². The predicted octanol–water partition coefficient (Wildman–Crippen LogP) is 2.33. The van der Waals surface area contributed by atoms with Crippen molar-refractivity contribution >= 4 is 16.8 Å². The number of para-hydroxylation sites is 1. The van der Waals surface area contributed by atoms with Gasteiger partial charge in [-0.25, -0.2) is 0 Å². The smallest absolute Gasteiger partial charge is 0.272 e. The van der Waals surface area contributed by atoms with E-state index in [2.05, 4.69) is 29.2 Å². The number of benzene rings is 1. The average molecular weight is 356 g/mol. The normalized spacial score (nSPS) is 25.9. The van der Waals surface area contributed by atoms with Gasteiger partial charge in [-0.2, -0.15) is 5.10 Å². The molecule has 0 saturated carbocycles. The molecule has 4 rings (SSSR count). The van der Waals surface area contributed by atoms with Gasteiger partial charge in [-0.3, -0.25) is 14.4 Å². The molecule has 2 fully saturated rings. The number of piperidine rings is 1. The number of nitrogens with one attached hydrogen (secondary N) is 1. The highest BCUT2D eigenvalue weighted by atomic mass is 16.3. The highest BCUT2D eigenvalue weighted by Gasteiger charge is 2.40. The van der Waals surface area contributed by atoms with Gasteiger partial charge in [0, 0.05) is 36.1 Å². The Morgan fingerprint density at radius 3 is 2.62 bits per heavy atom. The fourth-order valence-electron chi connectivity index (χ4n) is 4.78. The van der Waals surface area contributed by atoms with Gasteiger partial charge in [0.15, 0.2) is 5.69 Å². The SMILES string of the molecule is CC(C)n1nc(C(=O)NC2CC3CCC(C2)N3CCO)c2ccccc21. The maximum Gasteiger partial charge on any atom is 0.272 e. The van der Waals surface area contributed by atoms with Gasteiger partial charge < -0.3 is 10.4 Å². The van der Waals surface area contributed by atoms with Crippen molar-refractivity contribution in [1.82, 2.24) is 20.0 Å². The number of aliphatic hydroxyl groups is 1. The number of carbonyl (C=O) groups is 1. The highest BCUT2D eigenvalue weighted by Crippen LogP contribution is 2.35. The second kappa shape index (κ2) is 7.00. The average Bonchev–Trinajstić information content (AvgIpc) is 3.11. The molecule has 26 heavy (non-hydrogen) atoms. The fourth-order valence-corrected chi connectivity index (χ4v) is 4.78. The molecule has 0 radical (unpaired) electrons. The molecule has 2 aromatic rings. The van der Waals surface area contributed by atoms with E-state index in [4.69, 9.17) is 0 Å². The molecule has 0 aliphatic carbocycles. The molecule has 1 aromatic heterocycles. The van der Waals surface area contributed by atoms with Gasteiger partial charge in [-0.15, -0.1) is 0 Å². The van der Waals surface area contributed by atoms with Gasteiger partial charge in [0.25, 0.3) is 5.91 Å². The summed E-state index contributed by atoms with van der Waals surface area (Å²) in [5.41, 5.74) is 1.53. The van der Waals surface area contributed by atoms with Gasteiger partial charge >= 0.3 is 0 Å². The van der Waals surface area contributed by atoms with Crippen molar-refractivity contribution in [3.8, 4) is 0 Å². The van der Waals surface area contributed by atoms with E-state index in [1.54, 1.807) is 0 Å². The molecule has 2 unspecified atom stereocenters. The van der Waals surface area contributed by atoms with E-state index in [1.165, 1.54) is 12.8 Å². The number of aromatic nitrogens is 2. The molecular formula is C20H28N4O2. The molecule has 2 aliphatic rings. The Labute approximate surface area is 154 Å². The third-order valence-electron chi connectivity index (χ3n) is 5.90. The summed E-state index contributed by atoms with van der Waals surface area (Å²) in [5, 5.41) is 18.0. The molecule has 2 bridgehead atoms. The van der Waals surface area contributed by atoms with E-state index >= 15 is 0 Å². The Morgan fingerprint density at radius 2 is 1.96 bits per heavy atom. The zero-order valence-corrected chi connectivity index (χ0v) is 15.6. The molecule has 1 amide bonds. The fraction of sp³-hybridized carbons (Fsp3) is 0.600. The molecule has 1 aromatic carbocycles. The third-order valence-corrected chi connectivity index (χ3v) is 5.90. The minimum Gasteiger partial charge on any atom is -0.395 e. The second-order valence-corrected chi connectivity index (χ2v) is 7.89. The molecule has 6 nitrogen and oxygen atoms in total. The van der Waals surface area contributed by atoms with E-state index < -0.39 is 0 Å². The molecule has 3 heterocycles. The number of hydrogen-bond acceptors (Lipinski definition) is 4. The molecule has 2 aliphatic heterocycles. The Bertz CT molecular complexity index is 786. The van der Waals surface area contributed by atoms with Crippen molar-refractivity contribution in [3.05, 3.63) is 30.0 Å². The summed E-state index contributed by atoms with van der Waals surface area (Å²) in [6.45, 7) is 5.12. The monoisotopic (exact) mass is 356 g/mol. The quantitative estimate of drug-likeness (QED) is 0.863. The summed E-state index contributed by atoms with van der Waals surface area (Å²) in [6.07, 6.45) is 4.26. The largest absolute Gasteiger partial charge is 0.395 e. The van der Waals surface area contributed by atoms with Gasteiger partial charge in [0.1, 0.15) is 0 Å². The first kappa shape index (κ1) is 17.5. The zero-order chi connectivity index (χ0) is 18.3. The minimum atomic E-state index is -0.0689. The number of hydrogen-bond donors (Lipinski definition) is 2. The maximum atomic E-state index is 13.0. The summed E-state index contributed by atoms with van der Waals surface area (Å²) in [4.78, 5) is 15.4. The van der Waals surface area contributed by atoms with Crippen molar-refractivity contribution in [3.63, 3.8) is 0 Å². The molecule has 2 N–H and O–H groups in total. The van der Waals surface area contributed by atoms with Crippen LogP contribution >= 0.6 is 0 Å². The van der Waals surface area contributed by atoms with Gasteiger partial charge in [-0.05, 0) is 45.6 Å². The van der Waals surface area contributed by atoms with Crippen LogP contribution in [0.1, 0.15) is 56.1 Å². The van der Waals surface area contributed by atoms with Crippen LogP contribution < -0.4 is 5.32 Å². The number of carbonyl (C=O) groups excluding carboxylic acids is 1. The predicted molar refractivity (Wildman–Crippen MR) is 101 cm³/mol. The summed E-state index contributed by atoms with van der Waals surface area (Å²) >= 11 is 0. The van der Waals surface area contributed by atoms with Crippen molar-refractivity contribution in [2.75, 3.05) is 13.2 Å². The molecule has 140 valence electrons. The van der Waals surface area contributed by atoms with Crippen molar-refractivity contribution < 1.29 is 9.90 Å². The van der Waals surface area contributed by atoms with Crippen LogP contribution in [0.15, 0.2) is 24.3 Å². The first-order chi connectivity index (χ1) is 12.6. The van der Waals surface area contributed by atoms with E-state index in [-0.39, 0.29) is 24.6 Å². The second-order valence-electron chi connectivity index (χ2n) is 7.89. The molecule has 2 saturated heterocycles. The van der Waals surface area contributed by atoms with Crippen molar-refractivity contribution in [2.24, 2.45) is 0 Å². The van der Waals surface area contributed by atoms with Crippen LogP contribution in [0.5, 0.6) is 0 Å². The zero-order valence-electron chi connectivity index (χ0n) is 15.6. The Balaban J connectivity index is 1.52. The van der Waals surface area contributed by atoms with Gasteiger partial charge in [0.2, 0.25) is 0 Å². The van der Waals surface area contributed by atoms with E-state index in [0.29, 0.717) is 17.8 Å². The van der Waals surface area contributed by atoms with E-state index in [1.807, 2.05) is 28.9 Å². The van der Waals surface area contributed by atoms with Crippen molar-refractivity contribution in [2.45, 2.75) is 63.7 Å². The van der Waals surface area contributed by atoms with Crippen LogP contribution in [-0.2, 0) is 0 Å². The lowest BCUT2D eigenvalue weighted by Gasteiger charge is -2.38. The number of nitrogens with zero attached hydrogens (tertiary/aromatic N) is 3. The van der Waals surface area contributed by atoms with Crippen LogP contribution in [0, 0.1) is 0 Å². The van der Waals surface area contributed by atoms with Crippen LogP contribution in [-0.4, -0.2) is 57.0 Å². The molecular weight excluding hydrogens is 328 g/mol. The number of amides is 1. The number of fused-ring (bicyclic) bond motifs is 3. The molecule has 2 atom stereocenters. The van der Waals surface area contributed by atoms with Crippen molar-refractivity contribution in [1.29, 1.82) is 0 Å². The number of aliphatic hydroxyl groups excluding tert-OH is 1. The van der Waals surface area contributed by atoms with Crippen LogP contribution in [0.2, 0.25) is 0 Å². The first-order valence-corrected chi connectivity index (χ1v) is 9.73. The van der Waals surface area contributed by atoms with Crippen LogP contribution in [0.4, 0.5) is 0 Å². The van der Waals surface area contributed by atoms with E-state index in [0.717, 1.165) is 30.3 Å². The summed E-state index contributed by atoms with van der Waals surface area (Å²) in [5.74, 6) is -0.0689. The molecule has 0 spiro atoms. The van der Waals surface area contributed by atoms with Crippen LogP contribution in [0.25, 0.3) is 10.9 Å². The summed E-state index contributed by atoms with van der Waals surface area (Å²) in [6, 6.07) is 9.30. The van der Waals surface area contributed by atoms with Gasteiger partial charge in [-0.1, -0.05) is 18.2 Å². The van der Waals surface area contributed by atoms with Crippen LogP contribution in [0.3, 0.4) is 0 Å². The lowest BCUT2D eigenvalue weighted by molar-refractivity contribution is 0.0779. The standard InChI is InChI=1S/C20H28N4O2/c1-13(2)24-18-6-4-3-5-17(18)19(22-24)20(26)21-14-11-15-7-8-16(12-14)23(15)9-10-25/h3-6,13-16,25H,7-12H2,1-2H3,(H,21,26).